The second kappa shape index (κ2) is 5.63. The molecule has 0 fully saturated rings. The molecule has 0 amide bonds. The maximum Gasteiger partial charge on any atom is 0.141 e. The van der Waals surface area contributed by atoms with E-state index in [1.165, 1.54) is 10.9 Å². The molecule has 0 radical (unpaired) electrons. The van der Waals surface area contributed by atoms with E-state index in [4.69, 9.17) is 11.6 Å². The van der Waals surface area contributed by atoms with Crippen LogP contribution < -0.4 is 5.32 Å². The highest BCUT2D eigenvalue weighted by molar-refractivity contribution is 7.10. The lowest BCUT2D eigenvalue weighted by molar-refractivity contribution is 0.580. The van der Waals surface area contributed by atoms with Crippen LogP contribution in [0.2, 0.25) is 5.02 Å². The fourth-order valence-electron chi connectivity index (χ4n) is 1.56. The molecule has 0 bridgehead atoms. The van der Waals surface area contributed by atoms with Crippen molar-refractivity contribution in [3.8, 4) is 0 Å². The molecule has 1 atom stereocenters. The second-order valence-electron chi connectivity index (χ2n) is 3.87. The van der Waals surface area contributed by atoms with Gasteiger partial charge < -0.3 is 5.32 Å². The summed E-state index contributed by atoms with van der Waals surface area (Å²) in [6, 6.07) is 9.22. The highest BCUT2D eigenvalue weighted by Gasteiger charge is 2.06. The summed E-state index contributed by atoms with van der Waals surface area (Å²) in [5.41, 5.74) is 0.986. The van der Waals surface area contributed by atoms with Crippen molar-refractivity contribution in [3.63, 3.8) is 0 Å². The fourth-order valence-corrected chi connectivity index (χ4v) is 2.52. The molecular weight excluding hydrogens is 257 g/mol. The monoisotopic (exact) mass is 269 g/mol. The zero-order valence-electron chi connectivity index (χ0n) is 9.41. The third kappa shape index (κ3) is 3.28. The van der Waals surface area contributed by atoms with Crippen LogP contribution in [0.4, 0.5) is 4.39 Å². The molecule has 17 heavy (non-hydrogen) atoms. The van der Waals surface area contributed by atoms with E-state index in [-0.39, 0.29) is 10.8 Å². The Kier molecular flexibility index (Phi) is 4.15. The average Bonchev–Trinajstić information content (AvgIpc) is 2.84. The van der Waals surface area contributed by atoms with Crippen molar-refractivity contribution in [2.75, 3.05) is 0 Å². The van der Waals surface area contributed by atoms with E-state index in [0.29, 0.717) is 12.6 Å². The molecule has 4 heteroatoms. The van der Waals surface area contributed by atoms with E-state index in [0.717, 1.165) is 5.56 Å². The standard InChI is InChI=1S/C13H13ClFNS/c1-9(13-3-2-6-17-13)16-8-10-4-5-12(15)11(14)7-10/h2-7,9,16H,8H2,1H3/t9-/m1/s1. The lowest BCUT2D eigenvalue weighted by atomic mass is 10.2. The van der Waals surface area contributed by atoms with Gasteiger partial charge in [0, 0.05) is 17.5 Å². The van der Waals surface area contributed by atoms with Gasteiger partial charge in [0.1, 0.15) is 5.82 Å². The van der Waals surface area contributed by atoms with Crippen molar-refractivity contribution in [2.24, 2.45) is 0 Å². The molecule has 1 heterocycles. The molecule has 0 spiro atoms. The third-order valence-corrected chi connectivity index (χ3v) is 3.91. The number of halogens is 2. The minimum absolute atomic E-state index is 0.174. The van der Waals surface area contributed by atoms with Crippen LogP contribution in [-0.4, -0.2) is 0 Å². The number of thiophene rings is 1. The van der Waals surface area contributed by atoms with Crippen LogP contribution in [0.1, 0.15) is 23.4 Å². The predicted octanol–water partition coefficient (Wildman–Crippen LogP) is 4.39. The maximum absolute atomic E-state index is 13.0. The normalized spacial score (nSPS) is 12.6. The first-order valence-corrected chi connectivity index (χ1v) is 6.63. The van der Waals surface area contributed by atoms with Crippen LogP contribution in [0, 0.1) is 5.82 Å². The van der Waals surface area contributed by atoms with E-state index in [9.17, 15) is 4.39 Å². The molecule has 0 saturated heterocycles. The number of hydrogen-bond donors (Lipinski definition) is 1. The Morgan fingerprint density at radius 3 is 2.88 bits per heavy atom. The van der Waals surface area contributed by atoms with Crippen LogP contribution in [0.15, 0.2) is 35.7 Å². The Bertz CT molecular complexity index is 484. The Labute approximate surface area is 109 Å². The van der Waals surface area contributed by atoms with E-state index in [1.807, 2.05) is 6.07 Å². The van der Waals surface area contributed by atoms with Gasteiger partial charge in [-0.2, -0.15) is 0 Å². The molecule has 1 aromatic carbocycles. The molecule has 1 aromatic heterocycles. The molecule has 0 saturated carbocycles. The Morgan fingerprint density at radius 2 is 2.24 bits per heavy atom. The van der Waals surface area contributed by atoms with Gasteiger partial charge in [-0.15, -0.1) is 11.3 Å². The number of nitrogens with one attached hydrogen (secondary N) is 1. The van der Waals surface area contributed by atoms with Gasteiger partial charge in [0.15, 0.2) is 0 Å². The van der Waals surface area contributed by atoms with E-state index < -0.39 is 0 Å². The summed E-state index contributed by atoms with van der Waals surface area (Å²) in [6.45, 7) is 2.79. The fraction of sp³-hybridized carbons (Fsp3) is 0.231. The van der Waals surface area contributed by atoms with Gasteiger partial charge in [-0.3, -0.25) is 0 Å². The topological polar surface area (TPSA) is 12.0 Å². The molecule has 1 N–H and O–H groups in total. The zero-order chi connectivity index (χ0) is 12.3. The molecule has 0 aliphatic carbocycles. The van der Waals surface area contributed by atoms with Gasteiger partial charge >= 0.3 is 0 Å². The van der Waals surface area contributed by atoms with Crippen LogP contribution in [0.25, 0.3) is 0 Å². The van der Waals surface area contributed by atoms with Gasteiger partial charge in [0.2, 0.25) is 0 Å². The predicted molar refractivity (Wildman–Crippen MR) is 71.0 cm³/mol. The van der Waals surface area contributed by atoms with Crippen molar-refractivity contribution in [1.82, 2.24) is 5.32 Å². The number of rotatable bonds is 4. The molecule has 90 valence electrons. The first kappa shape index (κ1) is 12.6. The lowest BCUT2D eigenvalue weighted by Gasteiger charge is -2.12. The summed E-state index contributed by atoms with van der Waals surface area (Å²) in [5, 5.41) is 5.61. The first-order valence-electron chi connectivity index (χ1n) is 5.37. The van der Waals surface area contributed by atoms with Crippen molar-refractivity contribution >= 4 is 22.9 Å². The molecule has 2 rings (SSSR count). The Hall–Kier alpha value is -0.900. The molecular formula is C13H13ClFNS. The SMILES string of the molecule is C[C@@H](NCc1ccc(F)c(Cl)c1)c1cccs1. The summed E-state index contributed by atoms with van der Waals surface area (Å²) >= 11 is 7.45. The highest BCUT2D eigenvalue weighted by Crippen LogP contribution is 2.20. The lowest BCUT2D eigenvalue weighted by Crippen LogP contribution is -2.17. The van der Waals surface area contributed by atoms with E-state index in [2.05, 4.69) is 23.7 Å². The second-order valence-corrected chi connectivity index (χ2v) is 5.25. The van der Waals surface area contributed by atoms with Gasteiger partial charge in [-0.25, -0.2) is 4.39 Å². The summed E-state index contributed by atoms with van der Waals surface area (Å²) in [7, 11) is 0. The number of benzene rings is 1. The van der Waals surface area contributed by atoms with Gasteiger partial charge in [-0.05, 0) is 36.1 Å². The molecule has 0 unspecified atom stereocenters. The smallest absolute Gasteiger partial charge is 0.141 e. The Balaban J connectivity index is 1.96. The van der Waals surface area contributed by atoms with Gasteiger partial charge in [0.25, 0.3) is 0 Å². The van der Waals surface area contributed by atoms with Crippen LogP contribution in [0.5, 0.6) is 0 Å². The molecule has 1 nitrogen and oxygen atoms in total. The van der Waals surface area contributed by atoms with E-state index in [1.54, 1.807) is 23.5 Å². The Morgan fingerprint density at radius 1 is 1.41 bits per heavy atom. The van der Waals surface area contributed by atoms with E-state index >= 15 is 0 Å². The minimum atomic E-state index is -0.373. The highest BCUT2D eigenvalue weighted by atomic mass is 35.5. The van der Waals surface area contributed by atoms with Crippen LogP contribution in [0.3, 0.4) is 0 Å². The summed E-state index contributed by atoms with van der Waals surface area (Å²) in [5.74, 6) is -0.373. The van der Waals surface area contributed by atoms with Gasteiger partial charge in [-0.1, -0.05) is 23.7 Å². The molecule has 0 aliphatic heterocycles. The average molecular weight is 270 g/mol. The van der Waals surface area contributed by atoms with Crippen molar-refractivity contribution < 1.29 is 4.39 Å². The summed E-state index contributed by atoms with van der Waals surface area (Å²) in [6.07, 6.45) is 0. The zero-order valence-corrected chi connectivity index (χ0v) is 11.0. The minimum Gasteiger partial charge on any atom is -0.305 e. The third-order valence-electron chi connectivity index (χ3n) is 2.57. The van der Waals surface area contributed by atoms with Crippen LogP contribution >= 0.6 is 22.9 Å². The van der Waals surface area contributed by atoms with Crippen LogP contribution in [-0.2, 0) is 6.54 Å². The quantitative estimate of drug-likeness (QED) is 0.868. The van der Waals surface area contributed by atoms with Crippen molar-refractivity contribution in [3.05, 3.63) is 57.0 Å². The first-order chi connectivity index (χ1) is 8.16. The van der Waals surface area contributed by atoms with Crippen molar-refractivity contribution in [1.29, 1.82) is 0 Å². The number of hydrogen-bond acceptors (Lipinski definition) is 2. The largest absolute Gasteiger partial charge is 0.305 e. The summed E-state index contributed by atoms with van der Waals surface area (Å²) < 4.78 is 13.0. The molecule has 0 aliphatic rings. The summed E-state index contributed by atoms with van der Waals surface area (Å²) in [4.78, 5) is 1.29. The maximum atomic E-state index is 13.0. The van der Waals surface area contributed by atoms with Crippen molar-refractivity contribution in [2.45, 2.75) is 19.5 Å². The molecule has 2 aromatic rings. The van der Waals surface area contributed by atoms with Gasteiger partial charge in [0.05, 0.1) is 5.02 Å².